The Hall–Kier alpha value is -3.20. The molecular formula is C20H17F2NO5S. The van der Waals surface area contributed by atoms with Crippen molar-refractivity contribution in [2.75, 3.05) is 14.2 Å². The lowest BCUT2D eigenvalue weighted by molar-refractivity contribution is -0.0505. The number of nitrogens with zero attached hydrogens (tertiary/aromatic N) is 1. The maximum Gasteiger partial charge on any atom is 0.387 e. The summed E-state index contributed by atoms with van der Waals surface area (Å²) >= 11 is 1.37. The molecule has 0 atom stereocenters. The number of aromatic nitrogens is 1. The predicted molar refractivity (Wildman–Crippen MR) is 103 cm³/mol. The molecule has 9 heteroatoms. The van der Waals surface area contributed by atoms with Crippen LogP contribution in [0.1, 0.15) is 16.1 Å². The van der Waals surface area contributed by atoms with Crippen molar-refractivity contribution in [3.05, 3.63) is 59.1 Å². The number of methoxy groups -OCH3 is 2. The Labute approximate surface area is 169 Å². The lowest BCUT2D eigenvalue weighted by Gasteiger charge is -2.09. The lowest BCUT2D eigenvalue weighted by atomic mass is 10.2. The van der Waals surface area contributed by atoms with Crippen LogP contribution in [0.3, 0.4) is 0 Å². The average Bonchev–Trinajstić information content (AvgIpc) is 3.20. The summed E-state index contributed by atoms with van der Waals surface area (Å²) < 4.78 is 45.0. The summed E-state index contributed by atoms with van der Waals surface area (Å²) in [7, 11) is 3.10. The van der Waals surface area contributed by atoms with Gasteiger partial charge in [0.15, 0.2) is 11.5 Å². The smallest absolute Gasteiger partial charge is 0.387 e. The van der Waals surface area contributed by atoms with Gasteiger partial charge in [0.1, 0.15) is 22.9 Å². The zero-order valence-corrected chi connectivity index (χ0v) is 16.4. The molecule has 1 aromatic heterocycles. The first-order chi connectivity index (χ1) is 14.0. The Bertz CT molecular complexity index is 993. The Morgan fingerprint density at radius 2 is 1.83 bits per heavy atom. The first-order valence-electron chi connectivity index (χ1n) is 8.39. The summed E-state index contributed by atoms with van der Waals surface area (Å²) in [6.45, 7) is -3.14. The molecule has 0 unspecified atom stereocenters. The topological polar surface area (TPSA) is 66.9 Å². The predicted octanol–water partition coefficient (Wildman–Crippen LogP) is 4.79. The molecule has 0 fully saturated rings. The van der Waals surface area contributed by atoms with Crippen molar-refractivity contribution < 1.29 is 32.5 Å². The van der Waals surface area contributed by atoms with Gasteiger partial charge in [0.2, 0.25) is 0 Å². The number of carbonyl (C=O) groups excluding carboxylic acids is 1. The molecule has 0 amide bonds. The number of halogens is 2. The second kappa shape index (κ2) is 9.33. The molecule has 0 radical (unpaired) electrons. The highest BCUT2D eigenvalue weighted by atomic mass is 32.1. The van der Waals surface area contributed by atoms with Gasteiger partial charge in [-0.05, 0) is 30.3 Å². The highest BCUT2D eigenvalue weighted by Gasteiger charge is 2.17. The normalized spacial score (nSPS) is 10.7. The van der Waals surface area contributed by atoms with Crippen molar-refractivity contribution in [2.24, 2.45) is 0 Å². The van der Waals surface area contributed by atoms with Gasteiger partial charge in [-0.25, -0.2) is 9.78 Å². The number of hydrogen-bond donors (Lipinski definition) is 0. The monoisotopic (exact) mass is 421 g/mol. The number of hydrogen-bond acceptors (Lipinski definition) is 7. The van der Waals surface area contributed by atoms with E-state index in [1.54, 1.807) is 31.7 Å². The van der Waals surface area contributed by atoms with Crippen LogP contribution in [0.4, 0.5) is 8.78 Å². The molecule has 0 aliphatic rings. The summed E-state index contributed by atoms with van der Waals surface area (Å²) in [6.07, 6.45) is 0. The zero-order chi connectivity index (χ0) is 20.8. The van der Waals surface area contributed by atoms with Crippen LogP contribution in [0.2, 0.25) is 0 Å². The SMILES string of the molecule is COc1ccc(-c2nc(COC(=O)c3ccccc3OC(F)F)cs2)cc1OC. The molecule has 0 aliphatic carbocycles. The van der Waals surface area contributed by atoms with E-state index in [-0.39, 0.29) is 17.9 Å². The van der Waals surface area contributed by atoms with E-state index in [9.17, 15) is 13.6 Å². The third-order valence-electron chi connectivity index (χ3n) is 3.86. The Morgan fingerprint density at radius 3 is 2.55 bits per heavy atom. The number of benzene rings is 2. The van der Waals surface area contributed by atoms with Crippen LogP contribution >= 0.6 is 11.3 Å². The van der Waals surface area contributed by atoms with Crippen molar-refractivity contribution in [3.63, 3.8) is 0 Å². The number of thiazole rings is 1. The first-order valence-corrected chi connectivity index (χ1v) is 9.27. The van der Waals surface area contributed by atoms with Crippen LogP contribution in [0.25, 0.3) is 10.6 Å². The van der Waals surface area contributed by atoms with E-state index in [1.807, 2.05) is 6.07 Å². The summed E-state index contributed by atoms with van der Waals surface area (Å²) in [5.41, 5.74) is 1.27. The fourth-order valence-corrected chi connectivity index (χ4v) is 3.33. The van der Waals surface area contributed by atoms with Crippen molar-refractivity contribution in [1.29, 1.82) is 0 Å². The first kappa shape index (κ1) is 20.5. The van der Waals surface area contributed by atoms with Gasteiger partial charge < -0.3 is 18.9 Å². The highest BCUT2D eigenvalue weighted by Crippen LogP contribution is 2.33. The van der Waals surface area contributed by atoms with Gasteiger partial charge in [0, 0.05) is 10.9 Å². The zero-order valence-electron chi connectivity index (χ0n) is 15.6. The second-order valence-corrected chi connectivity index (χ2v) is 6.52. The molecule has 0 bridgehead atoms. The van der Waals surface area contributed by atoms with E-state index in [1.165, 1.54) is 35.6 Å². The molecule has 2 aromatic carbocycles. The van der Waals surface area contributed by atoms with E-state index < -0.39 is 12.6 Å². The van der Waals surface area contributed by atoms with Gasteiger partial charge in [0.25, 0.3) is 0 Å². The largest absolute Gasteiger partial charge is 0.493 e. The fourth-order valence-electron chi connectivity index (χ4n) is 2.53. The summed E-state index contributed by atoms with van der Waals surface area (Å²) in [5.74, 6) is 0.161. The van der Waals surface area contributed by atoms with Crippen LogP contribution in [-0.2, 0) is 11.3 Å². The maximum atomic E-state index is 12.5. The number of carbonyl (C=O) groups is 1. The Balaban J connectivity index is 1.69. The molecule has 152 valence electrons. The maximum absolute atomic E-state index is 12.5. The van der Waals surface area contributed by atoms with Crippen LogP contribution in [0.15, 0.2) is 47.8 Å². The molecule has 0 N–H and O–H groups in total. The number of para-hydroxylation sites is 1. The van der Waals surface area contributed by atoms with E-state index in [0.29, 0.717) is 22.2 Å². The van der Waals surface area contributed by atoms with Crippen LogP contribution in [0.5, 0.6) is 17.2 Å². The minimum Gasteiger partial charge on any atom is -0.493 e. The lowest BCUT2D eigenvalue weighted by Crippen LogP contribution is -2.10. The Kier molecular flexibility index (Phi) is 6.61. The highest BCUT2D eigenvalue weighted by molar-refractivity contribution is 7.13. The van der Waals surface area contributed by atoms with Crippen LogP contribution < -0.4 is 14.2 Å². The van der Waals surface area contributed by atoms with E-state index in [2.05, 4.69) is 9.72 Å². The van der Waals surface area contributed by atoms with Gasteiger partial charge in [-0.15, -0.1) is 11.3 Å². The van der Waals surface area contributed by atoms with Crippen molar-refractivity contribution in [2.45, 2.75) is 13.2 Å². The molecule has 3 rings (SSSR count). The van der Waals surface area contributed by atoms with Gasteiger partial charge in [0.05, 0.1) is 19.9 Å². The molecule has 3 aromatic rings. The minimum absolute atomic E-state index is 0.0804. The standard InChI is InChI=1S/C20H17F2NO5S/c1-25-16-8-7-12(9-17(16)26-2)18-23-13(11-29-18)10-27-19(24)14-5-3-4-6-15(14)28-20(21)22/h3-9,11,20H,10H2,1-2H3. The van der Waals surface area contributed by atoms with Crippen LogP contribution in [0, 0.1) is 0 Å². The number of ether oxygens (including phenoxy) is 4. The summed E-state index contributed by atoms with van der Waals surface area (Å²) in [4.78, 5) is 16.7. The fraction of sp³-hybridized carbons (Fsp3) is 0.200. The van der Waals surface area contributed by atoms with Crippen molar-refractivity contribution in [1.82, 2.24) is 4.98 Å². The molecule has 1 heterocycles. The van der Waals surface area contributed by atoms with E-state index in [4.69, 9.17) is 14.2 Å². The number of esters is 1. The van der Waals surface area contributed by atoms with E-state index in [0.717, 1.165) is 5.56 Å². The molecule has 0 aliphatic heterocycles. The number of alkyl halides is 2. The van der Waals surface area contributed by atoms with Gasteiger partial charge in [-0.2, -0.15) is 8.78 Å². The molecular weight excluding hydrogens is 404 g/mol. The quantitative estimate of drug-likeness (QED) is 0.488. The minimum atomic E-state index is -3.04. The van der Waals surface area contributed by atoms with Crippen LogP contribution in [-0.4, -0.2) is 31.8 Å². The van der Waals surface area contributed by atoms with Gasteiger partial charge in [-0.1, -0.05) is 12.1 Å². The summed E-state index contributed by atoms with van der Waals surface area (Å²) in [6, 6.07) is 11.1. The molecule has 0 spiro atoms. The second-order valence-electron chi connectivity index (χ2n) is 5.66. The summed E-state index contributed by atoms with van der Waals surface area (Å²) in [5, 5.41) is 2.46. The van der Waals surface area contributed by atoms with Crippen molar-refractivity contribution >= 4 is 17.3 Å². The van der Waals surface area contributed by atoms with Gasteiger partial charge in [-0.3, -0.25) is 0 Å². The molecule has 0 saturated carbocycles. The van der Waals surface area contributed by atoms with Gasteiger partial charge >= 0.3 is 12.6 Å². The van der Waals surface area contributed by atoms with Crippen molar-refractivity contribution in [3.8, 4) is 27.8 Å². The molecule has 29 heavy (non-hydrogen) atoms. The molecule has 0 saturated heterocycles. The molecule has 6 nitrogen and oxygen atoms in total. The van der Waals surface area contributed by atoms with E-state index >= 15 is 0 Å². The third kappa shape index (κ3) is 5.00. The number of rotatable bonds is 8. The Morgan fingerprint density at radius 1 is 1.07 bits per heavy atom. The third-order valence-corrected chi connectivity index (χ3v) is 4.80. The average molecular weight is 421 g/mol.